The molecule has 5 heteroatoms. The molecule has 1 aromatic carbocycles. The molecule has 0 aliphatic rings. The van der Waals surface area contributed by atoms with Gasteiger partial charge in [0.2, 0.25) is 5.43 Å². The molecule has 0 aliphatic carbocycles. The Kier molecular flexibility index (Phi) is 3.24. The molecular weight excluding hydrogens is 247 g/mol. The number of aryl methyl sites for hydroxylation is 1. The van der Waals surface area contributed by atoms with Crippen molar-refractivity contribution in [2.24, 2.45) is 0 Å². The molecule has 0 unspecified atom stereocenters. The van der Waals surface area contributed by atoms with E-state index < -0.39 is 5.60 Å². The smallest absolute Gasteiger partial charge is 0.206 e. The van der Waals surface area contributed by atoms with E-state index in [1.54, 1.807) is 19.1 Å². The average Bonchev–Trinajstić information content (AvgIpc) is 2.29. The quantitative estimate of drug-likeness (QED) is 0.899. The van der Waals surface area contributed by atoms with E-state index >= 15 is 0 Å². The van der Waals surface area contributed by atoms with E-state index in [9.17, 15) is 14.3 Å². The van der Waals surface area contributed by atoms with Gasteiger partial charge in [0.25, 0.3) is 0 Å². The molecule has 2 aromatic rings. The molecule has 0 radical (unpaired) electrons. The van der Waals surface area contributed by atoms with Gasteiger partial charge in [0, 0.05) is 11.8 Å². The van der Waals surface area contributed by atoms with Gasteiger partial charge < -0.3 is 5.11 Å². The summed E-state index contributed by atoms with van der Waals surface area (Å²) in [6, 6.07) is 7.17. The van der Waals surface area contributed by atoms with E-state index in [2.05, 4.69) is 5.10 Å². The van der Waals surface area contributed by atoms with Crippen molar-refractivity contribution in [1.29, 1.82) is 0 Å². The lowest BCUT2D eigenvalue weighted by molar-refractivity contribution is 0.0709. The van der Waals surface area contributed by atoms with Crippen LogP contribution in [-0.4, -0.2) is 14.9 Å². The molecule has 0 atom stereocenters. The highest BCUT2D eigenvalue weighted by molar-refractivity contribution is 5.33. The van der Waals surface area contributed by atoms with Crippen molar-refractivity contribution in [2.45, 2.75) is 26.4 Å². The molecule has 1 aromatic heterocycles. The van der Waals surface area contributed by atoms with Crippen LogP contribution in [-0.2, 0) is 5.60 Å². The molecule has 19 heavy (non-hydrogen) atoms. The van der Waals surface area contributed by atoms with Crippen LogP contribution in [0.2, 0.25) is 0 Å². The van der Waals surface area contributed by atoms with Crippen LogP contribution in [0.4, 0.5) is 4.39 Å². The SMILES string of the molecule is Cc1cc(=O)c(C(C)(C)O)nn1-c1ccc(F)cc1. The molecule has 0 saturated heterocycles. The predicted molar refractivity (Wildman–Crippen MR) is 69.8 cm³/mol. The zero-order valence-corrected chi connectivity index (χ0v) is 11.0. The van der Waals surface area contributed by atoms with Crippen molar-refractivity contribution in [2.75, 3.05) is 0 Å². The maximum atomic E-state index is 12.9. The van der Waals surface area contributed by atoms with E-state index in [0.29, 0.717) is 11.4 Å². The van der Waals surface area contributed by atoms with E-state index in [1.807, 2.05) is 0 Å². The molecule has 1 N–H and O–H groups in total. The lowest BCUT2D eigenvalue weighted by Crippen LogP contribution is -2.30. The summed E-state index contributed by atoms with van der Waals surface area (Å²) < 4.78 is 14.4. The van der Waals surface area contributed by atoms with Gasteiger partial charge in [-0.2, -0.15) is 5.10 Å². The summed E-state index contributed by atoms with van der Waals surface area (Å²) in [5.41, 5.74) is -0.341. The van der Waals surface area contributed by atoms with Crippen LogP contribution in [0, 0.1) is 12.7 Å². The molecule has 2 rings (SSSR count). The minimum absolute atomic E-state index is 0.0578. The zero-order chi connectivity index (χ0) is 14.2. The third kappa shape index (κ3) is 2.71. The summed E-state index contributed by atoms with van der Waals surface area (Å²) in [5, 5.41) is 14.1. The van der Waals surface area contributed by atoms with Crippen LogP contribution < -0.4 is 5.43 Å². The van der Waals surface area contributed by atoms with Crippen molar-refractivity contribution < 1.29 is 9.50 Å². The first-order valence-electron chi connectivity index (χ1n) is 5.89. The largest absolute Gasteiger partial charge is 0.384 e. The first-order valence-corrected chi connectivity index (χ1v) is 5.89. The number of benzene rings is 1. The second-order valence-electron chi connectivity index (χ2n) is 4.95. The summed E-state index contributed by atoms with van der Waals surface area (Å²) in [5.74, 6) is -0.342. The topological polar surface area (TPSA) is 55.1 Å². The molecule has 0 spiro atoms. The fourth-order valence-electron chi connectivity index (χ4n) is 1.81. The maximum Gasteiger partial charge on any atom is 0.206 e. The molecule has 0 aliphatic heterocycles. The molecular formula is C14H15FN2O2. The molecule has 4 nitrogen and oxygen atoms in total. The normalized spacial score (nSPS) is 11.6. The van der Waals surface area contributed by atoms with Crippen LogP contribution in [0.5, 0.6) is 0 Å². The van der Waals surface area contributed by atoms with Gasteiger partial charge in [0.05, 0.1) is 5.69 Å². The predicted octanol–water partition coefficient (Wildman–Crippen LogP) is 1.91. The number of rotatable bonds is 2. The van der Waals surface area contributed by atoms with E-state index in [0.717, 1.165) is 0 Å². The van der Waals surface area contributed by atoms with Gasteiger partial charge in [0.15, 0.2) is 0 Å². The third-order valence-corrected chi connectivity index (χ3v) is 2.76. The Morgan fingerprint density at radius 2 is 1.84 bits per heavy atom. The summed E-state index contributed by atoms with van der Waals surface area (Å²) in [7, 11) is 0. The van der Waals surface area contributed by atoms with Crippen molar-refractivity contribution in [3.63, 3.8) is 0 Å². The molecule has 0 saturated carbocycles. The Labute approximate surface area is 110 Å². The number of hydrogen-bond acceptors (Lipinski definition) is 3. The number of hydrogen-bond donors (Lipinski definition) is 1. The average molecular weight is 262 g/mol. The van der Waals surface area contributed by atoms with Crippen LogP contribution in [0.3, 0.4) is 0 Å². The van der Waals surface area contributed by atoms with Gasteiger partial charge in [0.1, 0.15) is 17.1 Å². The highest BCUT2D eigenvalue weighted by Gasteiger charge is 2.23. The van der Waals surface area contributed by atoms with Gasteiger partial charge in [-0.1, -0.05) is 0 Å². The fraction of sp³-hybridized carbons (Fsp3) is 0.286. The summed E-state index contributed by atoms with van der Waals surface area (Å²) >= 11 is 0. The summed E-state index contributed by atoms with van der Waals surface area (Å²) in [6.45, 7) is 4.73. The van der Waals surface area contributed by atoms with E-state index in [1.165, 1.54) is 36.7 Å². The number of nitrogens with zero attached hydrogens (tertiary/aromatic N) is 2. The first kappa shape index (κ1) is 13.4. The minimum atomic E-state index is -1.33. The van der Waals surface area contributed by atoms with Gasteiger partial charge in [-0.15, -0.1) is 0 Å². The number of aliphatic hydroxyl groups is 1. The Morgan fingerprint density at radius 1 is 1.26 bits per heavy atom. The second kappa shape index (κ2) is 4.59. The zero-order valence-electron chi connectivity index (χ0n) is 11.0. The van der Waals surface area contributed by atoms with Crippen molar-refractivity contribution in [1.82, 2.24) is 9.78 Å². The lowest BCUT2D eigenvalue weighted by atomic mass is 10.0. The van der Waals surface area contributed by atoms with Crippen LogP contribution in [0.1, 0.15) is 25.2 Å². The number of halogens is 1. The number of aromatic nitrogens is 2. The molecule has 0 amide bonds. The monoisotopic (exact) mass is 262 g/mol. The van der Waals surface area contributed by atoms with Crippen molar-refractivity contribution >= 4 is 0 Å². The minimum Gasteiger partial charge on any atom is -0.384 e. The molecule has 1 heterocycles. The Hall–Kier alpha value is -2.01. The van der Waals surface area contributed by atoms with Crippen LogP contribution in [0.25, 0.3) is 5.69 Å². The highest BCUT2D eigenvalue weighted by atomic mass is 19.1. The highest BCUT2D eigenvalue weighted by Crippen LogP contribution is 2.16. The van der Waals surface area contributed by atoms with Gasteiger partial charge in [-0.05, 0) is 45.0 Å². The third-order valence-electron chi connectivity index (χ3n) is 2.76. The van der Waals surface area contributed by atoms with E-state index in [4.69, 9.17) is 0 Å². The van der Waals surface area contributed by atoms with Gasteiger partial charge in [-0.3, -0.25) is 4.79 Å². The van der Waals surface area contributed by atoms with Gasteiger partial charge in [-0.25, -0.2) is 9.07 Å². The Bertz CT molecular complexity index is 655. The lowest BCUT2D eigenvalue weighted by Gasteiger charge is -2.18. The van der Waals surface area contributed by atoms with Crippen LogP contribution in [0.15, 0.2) is 35.1 Å². The van der Waals surface area contributed by atoms with E-state index in [-0.39, 0.29) is 16.9 Å². The van der Waals surface area contributed by atoms with Crippen LogP contribution >= 0.6 is 0 Å². The second-order valence-corrected chi connectivity index (χ2v) is 4.95. The molecule has 0 bridgehead atoms. The van der Waals surface area contributed by atoms with Crippen molar-refractivity contribution in [3.05, 3.63) is 57.8 Å². The molecule has 0 fully saturated rings. The standard InChI is InChI=1S/C14H15FN2O2/c1-9-8-12(18)13(14(2,3)19)16-17(9)11-6-4-10(15)5-7-11/h4-8,19H,1-3H3. The first-order chi connectivity index (χ1) is 8.79. The molecule has 100 valence electrons. The Balaban J connectivity index is 2.64. The van der Waals surface area contributed by atoms with Gasteiger partial charge >= 0.3 is 0 Å². The maximum absolute atomic E-state index is 12.9. The van der Waals surface area contributed by atoms with Crippen molar-refractivity contribution in [3.8, 4) is 5.69 Å². The summed E-state index contributed by atoms with van der Waals surface area (Å²) in [6.07, 6.45) is 0. The Morgan fingerprint density at radius 3 is 2.37 bits per heavy atom. The summed E-state index contributed by atoms with van der Waals surface area (Å²) in [4.78, 5) is 11.8. The fourth-order valence-corrected chi connectivity index (χ4v) is 1.81.